The van der Waals surface area contributed by atoms with Crippen molar-refractivity contribution < 1.29 is 4.39 Å². The van der Waals surface area contributed by atoms with E-state index in [0.29, 0.717) is 10.9 Å². The maximum absolute atomic E-state index is 13.5. The summed E-state index contributed by atoms with van der Waals surface area (Å²) in [6.07, 6.45) is 18.5. The van der Waals surface area contributed by atoms with Crippen LogP contribution in [0.3, 0.4) is 0 Å². The summed E-state index contributed by atoms with van der Waals surface area (Å²) in [5, 5.41) is 2.94. The molecule has 0 saturated heterocycles. The zero-order valence-corrected chi connectivity index (χ0v) is 13.8. The molecule has 3 aliphatic carbocycles. The molecule has 3 fully saturated rings. The Hall–Kier alpha value is 0.280. The Morgan fingerprint density at radius 2 is 0.900 bits per heavy atom. The van der Waals surface area contributed by atoms with Crippen molar-refractivity contribution in [3.05, 3.63) is 0 Å². The highest BCUT2D eigenvalue weighted by Crippen LogP contribution is 2.40. The predicted octanol–water partition coefficient (Wildman–Crippen LogP) is 5.55. The number of hydrogen-bond donors (Lipinski definition) is 0. The minimum absolute atomic E-state index is 0.477. The molecule has 0 radical (unpaired) electrons. The Labute approximate surface area is 127 Å². The average molecular weight is 300 g/mol. The molecule has 0 aliphatic heterocycles. The van der Waals surface area contributed by atoms with Crippen LogP contribution in [0.4, 0.5) is 4.39 Å². The molecular formula is C18H32FS+. The maximum Gasteiger partial charge on any atom is 0.119 e. The molecule has 0 amide bonds. The third-order valence-corrected chi connectivity index (χ3v) is 9.59. The molecule has 2 heteroatoms. The quantitative estimate of drug-likeness (QED) is 0.599. The van der Waals surface area contributed by atoms with Crippen LogP contribution < -0.4 is 0 Å². The van der Waals surface area contributed by atoms with Gasteiger partial charge in [-0.2, -0.15) is 0 Å². The van der Waals surface area contributed by atoms with Gasteiger partial charge in [0.15, 0.2) is 0 Å². The Bertz CT molecular complexity index is 255. The summed E-state index contributed by atoms with van der Waals surface area (Å²) in [6, 6.07) is 0. The lowest BCUT2D eigenvalue weighted by atomic mass is 9.98. The summed E-state index contributed by atoms with van der Waals surface area (Å²) in [6.45, 7) is 0. The van der Waals surface area contributed by atoms with Gasteiger partial charge in [-0.25, -0.2) is 4.39 Å². The van der Waals surface area contributed by atoms with Crippen molar-refractivity contribution in [1.29, 1.82) is 0 Å². The Morgan fingerprint density at radius 3 is 1.35 bits per heavy atom. The van der Waals surface area contributed by atoms with E-state index in [0.717, 1.165) is 28.6 Å². The largest absolute Gasteiger partial charge is 0.247 e. The number of hydrogen-bond acceptors (Lipinski definition) is 0. The van der Waals surface area contributed by atoms with E-state index >= 15 is 0 Å². The van der Waals surface area contributed by atoms with Crippen LogP contribution in [-0.2, 0) is 10.9 Å². The fourth-order valence-electron chi connectivity index (χ4n) is 4.79. The van der Waals surface area contributed by atoms with Crippen LogP contribution in [0.1, 0.15) is 89.9 Å². The molecule has 0 bridgehead atoms. The SMILES string of the molecule is FC1CCC([S+](C2CCCCC2)C2CCCCC2)CC1. The molecule has 0 aromatic heterocycles. The zero-order valence-electron chi connectivity index (χ0n) is 13.0. The fourth-order valence-corrected chi connectivity index (χ4v) is 8.99. The second kappa shape index (κ2) is 7.51. The van der Waals surface area contributed by atoms with Crippen molar-refractivity contribution in [2.24, 2.45) is 0 Å². The lowest BCUT2D eigenvalue weighted by molar-refractivity contribution is 0.253. The van der Waals surface area contributed by atoms with Crippen molar-refractivity contribution >= 4 is 10.9 Å². The first-order chi connectivity index (χ1) is 9.84. The topological polar surface area (TPSA) is 0 Å². The van der Waals surface area contributed by atoms with E-state index in [2.05, 4.69) is 0 Å². The van der Waals surface area contributed by atoms with Crippen LogP contribution in [0.15, 0.2) is 0 Å². The predicted molar refractivity (Wildman–Crippen MR) is 88.3 cm³/mol. The van der Waals surface area contributed by atoms with Crippen LogP contribution >= 0.6 is 0 Å². The molecule has 0 spiro atoms. The standard InChI is InChI=1S/C18H32FS/c19-15-11-13-18(14-12-15)20(16-7-3-1-4-8-16)17-9-5-2-6-10-17/h15-18H,1-14H2/q+1. The first-order valence-electron chi connectivity index (χ1n) is 9.19. The molecule has 0 nitrogen and oxygen atoms in total. The normalized spacial score (nSPS) is 34.5. The van der Waals surface area contributed by atoms with E-state index in [1.165, 1.54) is 77.0 Å². The van der Waals surface area contributed by atoms with E-state index in [4.69, 9.17) is 0 Å². The van der Waals surface area contributed by atoms with Gasteiger partial charge in [-0.05, 0) is 87.9 Å². The van der Waals surface area contributed by atoms with E-state index in [9.17, 15) is 4.39 Å². The van der Waals surface area contributed by atoms with Crippen molar-refractivity contribution in [1.82, 2.24) is 0 Å². The zero-order chi connectivity index (χ0) is 13.8. The average Bonchev–Trinajstić information content (AvgIpc) is 2.52. The van der Waals surface area contributed by atoms with Gasteiger partial charge in [-0.1, -0.05) is 12.8 Å². The van der Waals surface area contributed by atoms with Crippen molar-refractivity contribution in [2.75, 3.05) is 0 Å². The molecule has 0 heterocycles. The second-order valence-electron chi connectivity index (χ2n) is 7.30. The Kier molecular flexibility index (Phi) is 5.71. The summed E-state index contributed by atoms with van der Waals surface area (Å²) in [5.41, 5.74) is 0. The lowest BCUT2D eigenvalue weighted by Crippen LogP contribution is -2.44. The molecule has 3 saturated carbocycles. The summed E-state index contributed by atoms with van der Waals surface area (Å²) in [7, 11) is 0.635. The van der Waals surface area contributed by atoms with Crippen LogP contribution in [0, 0.1) is 0 Å². The van der Waals surface area contributed by atoms with Crippen molar-refractivity contribution in [3.63, 3.8) is 0 Å². The van der Waals surface area contributed by atoms with Gasteiger partial charge < -0.3 is 0 Å². The highest BCUT2D eigenvalue weighted by molar-refractivity contribution is 7.98. The van der Waals surface area contributed by atoms with Gasteiger partial charge in [0.1, 0.15) is 21.9 Å². The Balaban J connectivity index is 1.68. The Morgan fingerprint density at radius 1 is 0.500 bits per heavy atom. The number of rotatable bonds is 3. The first-order valence-corrected chi connectivity index (χ1v) is 10.6. The monoisotopic (exact) mass is 299 g/mol. The molecule has 116 valence electrons. The summed E-state index contributed by atoms with van der Waals surface area (Å²) < 4.78 is 13.5. The van der Waals surface area contributed by atoms with E-state index in [1.807, 2.05) is 0 Å². The molecule has 3 aliphatic rings. The maximum atomic E-state index is 13.5. The molecular weight excluding hydrogens is 267 g/mol. The number of alkyl halides is 1. The molecule has 3 rings (SSSR count). The van der Waals surface area contributed by atoms with Crippen LogP contribution in [0.25, 0.3) is 0 Å². The van der Waals surface area contributed by atoms with E-state index in [-0.39, 0.29) is 0 Å². The van der Waals surface area contributed by atoms with Gasteiger partial charge in [0.2, 0.25) is 0 Å². The molecule has 0 aromatic rings. The second-order valence-corrected chi connectivity index (χ2v) is 10.1. The minimum Gasteiger partial charge on any atom is -0.247 e. The summed E-state index contributed by atoms with van der Waals surface area (Å²) in [5.74, 6) is 0. The smallest absolute Gasteiger partial charge is 0.119 e. The van der Waals surface area contributed by atoms with E-state index < -0.39 is 6.17 Å². The van der Waals surface area contributed by atoms with Gasteiger partial charge in [0.05, 0.1) is 0 Å². The number of halogens is 1. The minimum atomic E-state index is -0.477. The first kappa shape index (κ1) is 15.2. The van der Waals surface area contributed by atoms with Gasteiger partial charge in [-0.3, -0.25) is 0 Å². The molecule has 0 atom stereocenters. The molecule has 0 aromatic carbocycles. The van der Waals surface area contributed by atoms with E-state index in [1.54, 1.807) is 0 Å². The van der Waals surface area contributed by atoms with Crippen molar-refractivity contribution in [3.8, 4) is 0 Å². The summed E-state index contributed by atoms with van der Waals surface area (Å²) >= 11 is 0. The van der Waals surface area contributed by atoms with Crippen LogP contribution in [-0.4, -0.2) is 21.9 Å². The molecule has 0 unspecified atom stereocenters. The lowest BCUT2D eigenvalue weighted by Gasteiger charge is -2.36. The van der Waals surface area contributed by atoms with Gasteiger partial charge in [0, 0.05) is 0 Å². The van der Waals surface area contributed by atoms with Gasteiger partial charge >= 0.3 is 0 Å². The molecule has 0 N–H and O–H groups in total. The van der Waals surface area contributed by atoms with Gasteiger partial charge in [0.25, 0.3) is 0 Å². The summed E-state index contributed by atoms with van der Waals surface area (Å²) in [4.78, 5) is 0. The van der Waals surface area contributed by atoms with Crippen LogP contribution in [0.2, 0.25) is 0 Å². The van der Waals surface area contributed by atoms with Gasteiger partial charge in [-0.15, -0.1) is 0 Å². The third-order valence-electron chi connectivity index (χ3n) is 5.86. The molecule has 20 heavy (non-hydrogen) atoms. The highest BCUT2D eigenvalue weighted by atomic mass is 32.2. The van der Waals surface area contributed by atoms with Crippen LogP contribution in [0.5, 0.6) is 0 Å². The third kappa shape index (κ3) is 3.72. The fraction of sp³-hybridized carbons (Fsp3) is 1.00. The highest BCUT2D eigenvalue weighted by Gasteiger charge is 2.46. The van der Waals surface area contributed by atoms with Crippen molar-refractivity contribution in [2.45, 2.75) is 112 Å².